The third-order valence-corrected chi connectivity index (χ3v) is 6.82. The standard InChI is InChI=1S/C16H25N5OS/c1-17-23(3,22)10-12-4-6-13(7-5-12)21(2)16-14-8-9-18-15(14)19-11-20-16/h8-9,11-13H,4-7,10H2,1-3H3,(H,18,19,20)/t12-,13-,23?. The number of aromatic nitrogens is 3. The summed E-state index contributed by atoms with van der Waals surface area (Å²) in [6, 6.07) is 2.51. The van der Waals surface area contributed by atoms with Crippen molar-refractivity contribution in [3.05, 3.63) is 18.6 Å². The molecule has 0 amide bonds. The zero-order valence-electron chi connectivity index (χ0n) is 14.0. The van der Waals surface area contributed by atoms with Crippen LogP contribution in [0.3, 0.4) is 0 Å². The van der Waals surface area contributed by atoms with Gasteiger partial charge in [-0.3, -0.25) is 4.21 Å². The molecule has 1 N–H and O–H groups in total. The first-order valence-corrected chi connectivity index (χ1v) is 10.2. The fraction of sp³-hybridized carbons (Fsp3) is 0.625. The summed E-state index contributed by atoms with van der Waals surface area (Å²) in [5, 5.41) is 1.07. The summed E-state index contributed by atoms with van der Waals surface area (Å²) < 4.78 is 16.2. The molecule has 1 atom stereocenters. The fourth-order valence-corrected chi connectivity index (χ4v) is 4.88. The third kappa shape index (κ3) is 3.49. The van der Waals surface area contributed by atoms with Crippen LogP contribution in [0.2, 0.25) is 0 Å². The van der Waals surface area contributed by atoms with Crippen LogP contribution in [0.4, 0.5) is 5.82 Å². The molecule has 2 heterocycles. The smallest absolute Gasteiger partial charge is 0.142 e. The average Bonchev–Trinajstić information content (AvgIpc) is 3.03. The van der Waals surface area contributed by atoms with Gasteiger partial charge in [0.2, 0.25) is 0 Å². The van der Waals surface area contributed by atoms with Gasteiger partial charge in [-0.25, -0.2) is 14.3 Å². The van der Waals surface area contributed by atoms with Crippen molar-refractivity contribution in [1.29, 1.82) is 0 Å². The molecule has 3 rings (SSSR count). The molecule has 0 radical (unpaired) electrons. The normalized spacial score (nSPS) is 24.3. The molecule has 2 aromatic rings. The molecule has 0 saturated heterocycles. The Hall–Kier alpha value is -1.63. The van der Waals surface area contributed by atoms with Gasteiger partial charge in [-0.05, 0) is 37.7 Å². The Bertz CT molecular complexity index is 785. The molecule has 126 valence electrons. The lowest BCUT2D eigenvalue weighted by atomic mass is 9.86. The molecular weight excluding hydrogens is 310 g/mol. The molecule has 1 unspecified atom stereocenters. The van der Waals surface area contributed by atoms with Crippen LogP contribution in [-0.4, -0.2) is 51.3 Å². The van der Waals surface area contributed by atoms with Crippen molar-refractivity contribution in [1.82, 2.24) is 15.0 Å². The summed E-state index contributed by atoms with van der Waals surface area (Å²) in [5.41, 5.74) is 0.880. The molecule has 7 heteroatoms. The first-order chi connectivity index (χ1) is 11.0. The van der Waals surface area contributed by atoms with Gasteiger partial charge < -0.3 is 9.88 Å². The summed E-state index contributed by atoms with van der Waals surface area (Å²) in [6.45, 7) is 0. The van der Waals surface area contributed by atoms with Gasteiger partial charge in [0.15, 0.2) is 0 Å². The highest BCUT2D eigenvalue weighted by atomic mass is 32.2. The van der Waals surface area contributed by atoms with E-state index < -0.39 is 9.73 Å². The predicted octanol–water partition coefficient (Wildman–Crippen LogP) is 2.68. The van der Waals surface area contributed by atoms with Crippen LogP contribution < -0.4 is 4.90 Å². The van der Waals surface area contributed by atoms with E-state index in [4.69, 9.17) is 0 Å². The van der Waals surface area contributed by atoms with Crippen LogP contribution in [0, 0.1) is 5.92 Å². The maximum atomic E-state index is 12.2. The minimum absolute atomic E-state index is 0.478. The first kappa shape index (κ1) is 16.2. The minimum atomic E-state index is -1.99. The summed E-state index contributed by atoms with van der Waals surface area (Å²) in [4.78, 5) is 14.2. The average molecular weight is 335 g/mol. The van der Waals surface area contributed by atoms with E-state index in [9.17, 15) is 4.21 Å². The molecule has 1 aliphatic rings. The second-order valence-electron chi connectivity index (χ2n) is 6.53. The third-order valence-electron chi connectivity index (χ3n) is 4.96. The topological polar surface area (TPSA) is 74.2 Å². The minimum Gasteiger partial charge on any atom is -0.356 e. The highest BCUT2D eigenvalue weighted by molar-refractivity contribution is 7.92. The van der Waals surface area contributed by atoms with Crippen molar-refractivity contribution in [2.45, 2.75) is 31.7 Å². The summed E-state index contributed by atoms with van der Waals surface area (Å²) >= 11 is 0. The van der Waals surface area contributed by atoms with E-state index in [0.717, 1.165) is 48.3 Å². The zero-order valence-corrected chi connectivity index (χ0v) is 14.8. The van der Waals surface area contributed by atoms with Gasteiger partial charge in [-0.15, -0.1) is 0 Å². The Kier molecular flexibility index (Phi) is 4.57. The number of aromatic amines is 1. The predicted molar refractivity (Wildman–Crippen MR) is 95.3 cm³/mol. The van der Waals surface area contributed by atoms with Gasteiger partial charge in [-0.2, -0.15) is 0 Å². The zero-order chi connectivity index (χ0) is 16.4. The Morgan fingerprint density at radius 1 is 1.35 bits per heavy atom. The van der Waals surface area contributed by atoms with Crippen LogP contribution in [0.25, 0.3) is 11.0 Å². The largest absolute Gasteiger partial charge is 0.356 e. The number of H-pyrrole nitrogens is 1. The van der Waals surface area contributed by atoms with Crippen LogP contribution >= 0.6 is 0 Å². The quantitative estimate of drug-likeness (QED) is 0.932. The molecule has 1 aliphatic carbocycles. The van der Waals surface area contributed by atoms with Crippen molar-refractivity contribution in [2.24, 2.45) is 10.3 Å². The Labute approximate surface area is 137 Å². The lowest BCUT2D eigenvalue weighted by molar-refractivity contribution is 0.342. The van der Waals surface area contributed by atoms with Crippen molar-refractivity contribution in [2.75, 3.05) is 31.0 Å². The Morgan fingerprint density at radius 3 is 2.78 bits per heavy atom. The molecule has 6 nitrogen and oxygen atoms in total. The molecule has 0 aromatic carbocycles. The number of fused-ring (bicyclic) bond motifs is 1. The molecule has 23 heavy (non-hydrogen) atoms. The lowest BCUT2D eigenvalue weighted by Crippen LogP contribution is -2.36. The Balaban J connectivity index is 1.68. The van der Waals surface area contributed by atoms with E-state index in [0.29, 0.717) is 12.0 Å². The van der Waals surface area contributed by atoms with Crippen molar-refractivity contribution in [3.63, 3.8) is 0 Å². The molecule has 2 aromatic heterocycles. The van der Waals surface area contributed by atoms with E-state index in [1.807, 2.05) is 12.3 Å². The van der Waals surface area contributed by atoms with Crippen LogP contribution in [0.5, 0.6) is 0 Å². The van der Waals surface area contributed by atoms with Crippen LogP contribution in [0.1, 0.15) is 25.7 Å². The van der Waals surface area contributed by atoms with Gasteiger partial charge in [0, 0.05) is 48.1 Å². The van der Waals surface area contributed by atoms with Gasteiger partial charge in [0.05, 0.1) is 5.39 Å². The number of hydrogen-bond acceptors (Lipinski definition) is 5. The second kappa shape index (κ2) is 6.47. The number of rotatable bonds is 4. The molecule has 0 bridgehead atoms. The maximum Gasteiger partial charge on any atom is 0.142 e. The molecule has 0 aliphatic heterocycles. The van der Waals surface area contributed by atoms with Crippen LogP contribution in [0.15, 0.2) is 23.0 Å². The van der Waals surface area contributed by atoms with E-state index in [2.05, 4.69) is 31.3 Å². The second-order valence-corrected chi connectivity index (χ2v) is 9.15. The monoisotopic (exact) mass is 335 g/mol. The van der Waals surface area contributed by atoms with Gasteiger partial charge >= 0.3 is 0 Å². The SMILES string of the molecule is CN=S(C)(=O)C[C@H]1CC[C@H](N(C)c2ncnc3[nH]ccc23)CC1. The van der Waals surface area contributed by atoms with E-state index in [1.165, 1.54) is 0 Å². The number of hydrogen-bond donors (Lipinski definition) is 1. The van der Waals surface area contributed by atoms with Gasteiger partial charge in [0.1, 0.15) is 17.8 Å². The van der Waals surface area contributed by atoms with Gasteiger partial charge in [-0.1, -0.05) is 0 Å². The summed E-state index contributed by atoms with van der Waals surface area (Å²) in [6.07, 6.45) is 9.72. The fourth-order valence-electron chi connectivity index (χ4n) is 3.52. The van der Waals surface area contributed by atoms with E-state index >= 15 is 0 Å². The number of nitrogens with one attached hydrogen (secondary N) is 1. The van der Waals surface area contributed by atoms with Crippen molar-refractivity contribution >= 4 is 26.6 Å². The maximum absolute atomic E-state index is 12.2. The number of anilines is 1. The highest BCUT2D eigenvalue weighted by Crippen LogP contribution is 2.32. The van der Waals surface area contributed by atoms with Crippen molar-refractivity contribution in [3.8, 4) is 0 Å². The van der Waals surface area contributed by atoms with E-state index in [-0.39, 0.29) is 0 Å². The van der Waals surface area contributed by atoms with E-state index in [1.54, 1.807) is 19.6 Å². The molecule has 1 saturated carbocycles. The van der Waals surface area contributed by atoms with Crippen LogP contribution in [-0.2, 0) is 9.73 Å². The molecule has 0 spiro atoms. The lowest BCUT2D eigenvalue weighted by Gasteiger charge is -2.35. The van der Waals surface area contributed by atoms with Gasteiger partial charge in [0.25, 0.3) is 0 Å². The molecular formula is C16H25N5OS. The molecule has 1 fully saturated rings. The number of nitrogens with zero attached hydrogens (tertiary/aromatic N) is 4. The Morgan fingerprint density at radius 2 is 2.09 bits per heavy atom. The summed E-state index contributed by atoms with van der Waals surface area (Å²) in [7, 11) is 1.79. The van der Waals surface area contributed by atoms with Crippen molar-refractivity contribution < 1.29 is 4.21 Å². The summed E-state index contributed by atoms with van der Waals surface area (Å²) in [5.74, 6) is 2.25. The first-order valence-electron chi connectivity index (χ1n) is 8.09. The highest BCUT2D eigenvalue weighted by Gasteiger charge is 2.27.